The van der Waals surface area contributed by atoms with Gasteiger partial charge in [0.1, 0.15) is 0 Å². The van der Waals surface area contributed by atoms with Gasteiger partial charge in [-0.25, -0.2) is 0 Å². The first-order valence-corrected chi connectivity index (χ1v) is 6.81. The third kappa shape index (κ3) is 8.96. The topological polar surface area (TPSA) is 3.24 Å². The minimum absolute atomic E-state index is 0.479. The number of unbranched alkanes of at least 4 members (excludes halogenated alkanes) is 2. The fourth-order valence-corrected chi connectivity index (χ4v) is 2.38. The highest BCUT2D eigenvalue weighted by atomic mass is 15.1. The molecule has 0 aliphatic carbocycles. The Morgan fingerprint density at radius 1 is 1.19 bits per heavy atom. The Hall–Kier alpha value is -0.300. The van der Waals surface area contributed by atoms with Gasteiger partial charge in [-0.05, 0) is 51.6 Å². The molecular weight excluding hydrogens is 194 g/mol. The normalized spacial score (nSPS) is 12.9. The van der Waals surface area contributed by atoms with Gasteiger partial charge in [0.25, 0.3) is 0 Å². The minimum Gasteiger partial charge on any atom is -0.306 e. The molecule has 0 heterocycles. The van der Waals surface area contributed by atoms with Gasteiger partial charge in [0.05, 0.1) is 0 Å². The van der Waals surface area contributed by atoms with Crippen LogP contribution in [-0.4, -0.2) is 25.0 Å². The molecule has 0 atom stereocenters. The van der Waals surface area contributed by atoms with Crippen LogP contribution in [0.3, 0.4) is 0 Å². The fourth-order valence-electron chi connectivity index (χ4n) is 2.38. The van der Waals surface area contributed by atoms with Gasteiger partial charge in [0.2, 0.25) is 0 Å². The van der Waals surface area contributed by atoms with Crippen LogP contribution in [0.15, 0.2) is 12.2 Å². The smallest absolute Gasteiger partial charge is 0.00296 e. The molecule has 0 rings (SSSR count). The van der Waals surface area contributed by atoms with Gasteiger partial charge in [-0.15, -0.1) is 0 Å². The van der Waals surface area contributed by atoms with Crippen LogP contribution >= 0.6 is 0 Å². The molecule has 0 spiro atoms. The number of nitrogens with zero attached hydrogens (tertiary/aromatic N) is 1. The Kier molecular flexibility index (Phi) is 8.64. The summed E-state index contributed by atoms with van der Waals surface area (Å²) in [5.41, 5.74) is 0.479. The molecule has 16 heavy (non-hydrogen) atoms. The van der Waals surface area contributed by atoms with Gasteiger partial charge in [0.15, 0.2) is 0 Å². The summed E-state index contributed by atoms with van der Waals surface area (Å²) >= 11 is 0. The summed E-state index contributed by atoms with van der Waals surface area (Å²) in [6.07, 6.45) is 10.9. The van der Waals surface area contributed by atoms with Crippen molar-refractivity contribution < 1.29 is 0 Å². The Labute approximate surface area is 103 Å². The van der Waals surface area contributed by atoms with Crippen LogP contribution in [0.1, 0.15) is 59.8 Å². The van der Waals surface area contributed by atoms with Gasteiger partial charge in [-0.1, -0.05) is 39.3 Å². The largest absolute Gasteiger partial charge is 0.306 e. The molecule has 1 heteroatoms. The van der Waals surface area contributed by atoms with Crippen LogP contribution in [0.2, 0.25) is 0 Å². The average molecular weight is 225 g/mol. The van der Waals surface area contributed by atoms with Crippen LogP contribution in [0, 0.1) is 5.41 Å². The van der Waals surface area contributed by atoms with Crippen molar-refractivity contribution in [3.63, 3.8) is 0 Å². The van der Waals surface area contributed by atoms with Gasteiger partial charge >= 0.3 is 0 Å². The molecular formula is C15H31N. The van der Waals surface area contributed by atoms with E-state index in [0.717, 1.165) is 0 Å². The van der Waals surface area contributed by atoms with Crippen LogP contribution < -0.4 is 0 Å². The lowest BCUT2D eigenvalue weighted by molar-refractivity contribution is 0.194. The lowest BCUT2D eigenvalue weighted by atomic mass is 9.87. The average Bonchev–Trinajstić information content (AvgIpc) is 2.16. The molecule has 1 nitrogen and oxygen atoms in total. The summed E-state index contributed by atoms with van der Waals surface area (Å²) in [5, 5.41) is 0. The molecule has 0 aliphatic rings. The molecule has 0 unspecified atom stereocenters. The fraction of sp³-hybridized carbons (Fsp3) is 0.867. The van der Waals surface area contributed by atoms with Crippen molar-refractivity contribution in [3.8, 4) is 0 Å². The van der Waals surface area contributed by atoms with Gasteiger partial charge in [0, 0.05) is 6.54 Å². The second kappa shape index (κ2) is 8.81. The monoisotopic (exact) mass is 225 g/mol. The molecule has 0 N–H and O–H groups in total. The predicted molar refractivity (Wildman–Crippen MR) is 74.9 cm³/mol. The quantitative estimate of drug-likeness (QED) is 0.413. The highest BCUT2D eigenvalue weighted by molar-refractivity contribution is 4.77. The molecule has 96 valence electrons. The maximum Gasteiger partial charge on any atom is 0.00296 e. The number of hydrogen-bond donors (Lipinski definition) is 0. The summed E-state index contributed by atoms with van der Waals surface area (Å²) < 4.78 is 0. The van der Waals surface area contributed by atoms with E-state index in [1.165, 1.54) is 45.2 Å². The maximum absolute atomic E-state index is 2.49. The zero-order valence-electron chi connectivity index (χ0n) is 12.1. The Bertz CT molecular complexity index is 182. The van der Waals surface area contributed by atoms with Crippen molar-refractivity contribution in [1.29, 1.82) is 0 Å². The number of allylic oxidation sites excluding steroid dienone is 2. The Morgan fingerprint density at radius 3 is 2.44 bits per heavy atom. The lowest BCUT2D eigenvalue weighted by Gasteiger charge is -2.30. The van der Waals surface area contributed by atoms with E-state index in [1.807, 2.05) is 0 Å². The Balaban J connectivity index is 3.61. The van der Waals surface area contributed by atoms with Crippen molar-refractivity contribution in [2.75, 3.05) is 20.1 Å². The van der Waals surface area contributed by atoms with Gasteiger partial charge < -0.3 is 4.90 Å². The SMILES string of the molecule is CC=CCCCCN(C)CC(C)(C)CCC. The highest BCUT2D eigenvalue weighted by Crippen LogP contribution is 2.23. The first-order chi connectivity index (χ1) is 7.52. The standard InChI is InChI=1S/C15H31N/c1-6-8-9-10-11-13-16(5)14-15(3,4)12-7-2/h6,8H,7,9-14H2,1-5H3. The molecule has 0 aliphatic heterocycles. The van der Waals surface area contributed by atoms with E-state index >= 15 is 0 Å². The van der Waals surface area contributed by atoms with Crippen molar-refractivity contribution in [1.82, 2.24) is 4.90 Å². The zero-order valence-corrected chi connectivity index (χ0v) is 12.1. The molecule has 0 radical (unpaired) electrons. The van der Waals surface area contributed by atoms with Crippen molar-refractivity contribution in [2.45, 2.75) is 59.8 Å². The van der Waals surface area contributed by atoms with Crippen LogP contribution in [0.5, 0.6) is 0 Å². The van der Waals surface area contributed by atoms with Crippen molar-refractivity contribution >= 4 is 0 Å². The molecule has 0 saturated heterocycles. The van der Waals surface area contributed by atoms with Crippen LogP contribution in [0.25, 0.3) is 0 Å². The molecule has 0 aromatic rings. The summed E-state index contributed by atoms with van der Waals surface area (Å²) in [7, 11) is 2.26. The zero-order chi connectivity index (χ0) is 12.4. The number of hydrogen-bond acceptors (Lipinski definition) is 1. The van der Waals surface area contributed by atoms with Crippen LogP contribution in [-0.2, 0) is 0 Å². The summed E-state index contributed by atoms with van der Waals surface area (Å²) in [6, 6.07) is 0. The molecule has 0 aromatic heterocycles. The highest BCUT2D eigenvalue weighted by Gasteiger charge is 2.18. The van der Waals surface area contributed by atoms with Crippen molar-refractivity contribution in [3.05, 3.63) is 12.2 Å². The van der Waals surface area contributed by atoms with E-state index < -0.39 is 0 Å². The van der Waals surface area contributed by atoms with E-state index in [4.69, 9.17) is 0 Å². The maximum atomic E-state index is 2.49. The number of rotatable bonds is 9. The summed E-state index contributed by atoms with van der Waals surface area (Å²) in [6.45, 7) is 11.6. The molecule has 0 bridgehead atoms. The second-order valence-corrected chi connectivity index (χ2v) is 5.72. The second-order valence-electron chi connectivity index (χ2n) is 5.72. The van der Waals surface area contributed by atoms with Gasteiger partial charge in [-0.2, -0.15) is 0 Å². The van der Waals surface area contributed by atoms with E-state index in [0.29, 0.717) is 5.41 Å². The molecule has 0 amide bonds. The van der Waals surface area contributed by atoms with E-state index in [1.54, 1.807) is 0 Å². The first-order valence-electron chi connectivity index (χ1n) is 6.81. The third-order valence-electron chi connectivity index (χ3n) is 3.02. The van der Waals surface area contributed by atoms with Crippen molar-refractivity contribution in [2.24, 2.45) is 5.41 Å². The minimum atomic E-state index is 0.479. The lowest BCUT2D eigenvalue weighted by Crippen LogP contribution is -2.32. The van der Waals surface area contributed by atoms with E-state index in [2.05, 4.69) is 51.8 Å². The predicted octanol–water partition coefficient (Wildman–Crippen LogP) is 4.49. The molecule has 0 saturated carbocycles. The summed E-state index contributed by atoms with van der Waals surface area (Å²) in [4.78, 5) is 2.49. The Morgan fingerprint density at radius 2 is 1.88 bits per heavy atom. The van der Waals surface area contributed by atoms with Gasteiger partial charge in [-0.3, -0.25) is 0 Å². The van der Waals surface area contributed by atoms with Crippen LogP contribution in [0.4, 0.5) is 0 Å². The summed E-state index contributed by atoms with van der Waals surface area (Å²) in [5.74, 6) is 0. The van der Waals surface area contributed by atoms with E-state index in [-0.39, 0.29) is 0 Å². The molecule has 0 fully saturated rings. The molecule has 0 aromatic carbocycles. The third-order valence-corrected chi connectivity index (χ3v) is 3.02. The first kappa shape index (κ1) is 15.7. The van der Waals surface area contributed by atoms with E-state index in [9.17, 15) is 0 Å².